The van der Waals surface area contributed by atoms with Crippen LogP contribution in [0, 0.1) is 0 Å². The Hall–Kier alpha value is -1.79. The number of fused-ring (bicyclic) bond motifs is 1. The molecule has 0 aliphatic carbocycles. The molecule has 1 aromatic heterocycles. The average molecular weight is 289 g/mol. The molecule has 0 saturated carbocycles. The largest absolute Gasteiger partial charge is 0.486 e. The molecular weight excluding hydrogens is 274 g/mol. The highest BCUT2D eigenvalue weighted by molar-refractivity contribution is 7.99. The molecule has 2 aromatic rings. The molecule has 1 aromatic carbocycles. The van der Waals surface area contributed by atoms with E-state index in [-0.39, 0.29) is 0 Å². The van der Waals surface area contributed by atoms with Crippen LogP contribution in [0.5, 0.6) is 11.5 Å². The van der Waals surface area contributed by atoms with Crippen LogP contribution in [0.25, 0.3) is 0 Å². The summed E-state index contributed by atoms with van der Waals surface area (Å²) in [5.74, 6) is 1.58. The van der Waals surface area contributed by atoms with Crippen molar-refractivity contribution in [3.63, 3.8) is 0 Å². The zero-order valence-electron chi connectivity index (χ0n) is 11.1. The second kappa shape index (κ2) is 6.11. The molecule has 0 unspecified atom stereocenters. The fourth-order valence-electron chi connectivity index (χ4n) is 1.88. The Morgan fingerprint density at radius 3 is 2.65 bits per heavy atom. The van der Waals surface area contributed by atoms with E-state index in [9.17, 15) is 0 Å². The van der Waals surface area contributed by atoms with E-state index in [2.05, 4.69) is 15.3 Å². The fraction of sp³-hybridized carbons (Fsp3) is 0.286. The summed E-state index contributed by atoms with van der Waals surface area (Å²) in [6.07, 6.45) is 3.67. The van der Waals surface area contributed by atoms with Crippen molar-refractivity contribution in [3.8, 4) is 11.5 Å². The lowest BCUT2D eigenvalue weighted by Crippen LogP contribution is -2.15. The van der Waals surface area contributed by atoms with Gasteiger partial charge in [0.25, 0.3) is 0 Å². The first-order valence-electron chi connectivity index (χ1n) is 6.38. The minimum Gasteiger partial charge on any atom is -0.486 e. The van der Waals surface area contributed by atoms with Crippen LogP contribution in [0.2, 0.25) is 0 Å². The molecule has 6 heteroatoms. The Balaban J connectivity index is 1.73. The maximum Gasteiger partial charge on any atom is 0.192 e. The van der Waals surface area contributed by atoms with Crippen LogP contribution in [-0.4, -0.2) is 30.2 Å². The van der Waals surface area contributed by atoms with Gasteiger partial charge in [0.05, 0.1) is 0 Å². The Labute approximate surface area is 121 Å². The van der Waals surface area contributed by atoms with E-state index in [1.807, 2.05) is 37.6 Å². The lowest BCUT2D eigenvalue weighted by atomic mass is 10.3. The lowest BCUT2D eigenvalue weighted by Gasteiger charge is -2.18. The highest BCUT2D eigenvalue weighted by atomic mass is 32.2. The number of aromatic nitrogens is 2. The third-order valence-corrected chi connectivity index (χ3v) is 3.67. The smallest absolute Gasteiger partial charge is 0.192 e. The molecule has 0 amide bonds. The number of benzene rings is 1. The van der Waals surface area contributed by atoms with Gasteiger partial charge in [0.15, 0.2) is 16.7 Å². The topological polar surface area (TPSA) is 56.3 Å². The Bertz CT molecular complexity index is 589. The third-order valence-electron chi connectivity index (χ3n) is 2.79. The van der Waals surface area contributed by atoms with E-state index >= 15 is 0 Å². The number of ether oxygens (including phenoxy) is 2. The second-order valence-electron chi connectivity index (χ2n) is 4.31. The molecule has 1 aliphatic rings. The zero-order chi connectivity index (χ0) is 13.8. The van der Waals surface area contributed by atoms with E-state index in [4.69, 9.17) is 9.47 Å². The summed E-state index contributed by atoms with van der Waals surface area (Å²) in [6.45, 7) is 1.97. The van der Waals surface area contributed by atoms with Crippen LogP contribution in [0.3, 0.4) is 0 Å². The van der Waals surface area contributed by atoms with Crippen molar-refractivity contribution in [1.29, 1.82) is 0 Å². The van der Waals surface area contributed by atoms with Gasteiger partial charge in [-0.1, -0.05) is 0 Å². The van der Waals surface area contributed by atoms with Gasteiger partial charge >= 0.3 is 0 Å². The van der Waals surface area contributed by atoms with Gasteiger partial charge in [0, 0.05) is 29.4 Å². The van der Waals surface area contributed by atoms with Crippen LogP contribution >= 0.6 is 11.8 Å². The molecule has 1 N–H and O–H groups in total. The number of hydrogen-bond donors (Lipinski definition) is 1. The monoisotopic (exact) mass is 289 g/mol. The van der Waals surface area contributed by atoms with Crippen LogP contribution in [-0.2, 0) is 6.54 Å². The maximum atomic E-state index is 5.57. The summed E-state index contributed by atoms with van der Waals surface area (Å²) < 4.78 is 11.1. The molecule has 5 nitrogen and oxygen atoms in total. The molecule has 20 heavy (non-hydrogen) atoms. The van der Waals surface area contributed by atoms with E-state index in [1.165, 1.54) is 11.8 Å². The molecule has 2 heterocycles. The number of hydrogen-bond acceptors (Lipinski definition) is 6. The van der Waals surface area contributed by atoms with E-state index in [0.29, 0.717) is 13.2 Å². The van der Waals surface area contributed by atoms with Gasteiger partial charge in [-0.05, 0) is 37.0 Å². The molecule has 0 bridgehead atoms. The minimum atomic E-state index is 0.594. The van der Waals surface area contributed by atoms with Gasteiger partial charge in [-0.25, -0.2) is 9.97 Å². The average Bonchev–Trinajstić information content (AvgIpc) is 2.49. The van der Waals surface area contributed by atoms with Crippen LogP contribution in [0.15, 0.2) is 40.6 Å². The van der Waals surface area contributed by atoms with Gasteiger partial charge in [-0.3, -0.25) is 0 Å². The van der Waals surface area contributed by atoms with Gasteiger partial charge in [0.2, 0.25) is 0 Å². The molecular formula is C14H15N3O2S. The van der Waals surface area contributed by atoms with Crippen molar-refractivity contribution in [2.75, 3.05) is 20.3 Å². The molecule has 104 valence electrons. The minimum absolute atomic E-state index is 0.594. The Kier molecular flexibility index (Phi) is 4.03. The summed E-state index contributed by atoms with van der Waals surface area (Å²) in [5, 5.41) is 3.79. The molecule has 3 rings (SSSR count). The van der Waals surface area contributed by atoms with Crippen molar-refractivity contribution in [2.45, 2.75) is 16.6 Å². The quantitative estimate of drug-likeness (QED) is 0.870. The van der Waals surface area contributed by atoms with E-state index in [1.54, 1.807) is 0 Å². The van der Waals surface area contributed by atoms with Gasteiger partial charge < -0.3 is 14.8 Å². The first kappa shape index (κ1) is 13.2. The van der Waals surface area contributed by atoms with Gasteiger partial charge in [-0.2, -0.15) is 0 Å². The normalized spacial score (nSPS) is 13.2. The predicted molar refractivity (Wildman–Crippen MR) is 76.4 cm³/mol. The number of nitrogens with one attached hydrogen (secondary N) is 1. The van der Waals surface area contributed by atoms with E-state index < -0.39 is 0 Å². The lowest BCUT2D eigenvalue weighted by molar-refractivity contribution is 0.171. The Morgan fingerprint density at radius 2 is 1.90 bits per heavy atom. The SMILES string of the molecule is CNCc1cnc(Sc2ccc3c(c2)OCCO3)nc1. The van der Waals surface area contributed by atoms with Crippen molar-refractivity contribution < 1.29 is 9.47 Å². The number of nitrogens with zero attached hydrogens (tertiary/aromatic N) is 2. The van der Waals surface area contributed by atoms with Crippen molar-refractivity contribution in [3.05, 3.63) is 36.2 Å². The number of rotatable bonds is 4. The standard InChI is InChI=1S/C14H15N3O2S/c1-15-7-10-8-16-14(17-9-10)20-11-2-3-12-13(6-11)19-5-4-18-12/h2-3,6,8-9,15H,4-5,7H2,1H3. The van der Waals surface area contributed by atoms with Gasteiger partial charge in [0.1, 0.15) is 13.2 Å². The van der Waals surface area contributed by atoms with Gasteiger partial charge in [-0.15, -0.1) is 0 Å². The molecule has 0 saturated heterocycles. The third kappa shape index (κ3) is 3.02. The van der Waals surface area contributed by atoms with Crippen LogP contribution < -0.4 is 14.8 Å². The molecule has 0 fully saturated rings. The van der Waals surface area contributed by atoms with Crippen LogP contribution in [0.4, 0.5) is 0 Å². The zero-order valence-corrected chi connectivity index (χ0v) is 11.9. The first-order valence-corrected chi connectivity index (χ1v) is 7.20. The first-order chi connectivity index (χ1) is 9.85. The second-order valence-corrected chi connectivity index (χ2v) is 5.35. The fourth-order valence-corrected chi connectivity index (χ4v) is 2.61. The summed E-state index contributed by atoms with van der Waals surface area (Å²) in [7, 11) is 1.90. The summed E-state index contributed by atoms with van der Waals surface area (Å²) >= 11 is 1.51. The highest BCUT2D eigenvalue weighted by Gasteiger charge is 2.12. The van der Waals surface area contributed by atoms with E-state index in [0.717, 1.165) is 33.7 Å². The van der Waals surface area contributed by atoms with Crippen LogP contribution in [0.1, 0.15) is 5.56 Å². The predicted octanol–water partition coefficient (Wildman–Crippen LogP) is 2.12. The molecule has 0 atom stereocenters. The molecule has 0 spiro atoms. The summed E-state index contributed by atoms with van der Waals surface area (Å²) in [5.41, 5.74) is 1.07. The maximum absolute atomic E-state index is 5.57. The Morgan fingerprint density at radius 1 is 1.15 bits per heavy atom. The van der Waals surface area contributed by atoms with Crippen molar-refractivity contribution in [2.24, 2.45) is 0 Å². The summed E-state index contributed by atoms with van der Waals surface area (Å²) in [4.78, 5) is 9.73. The van der Waals surface area contributed by atoms with Crippen molar-refractivity contribution >= 4 is 11.8 Å². The summed E-state index contributed by atoms with van der Waals surface area (Å²) in [6, 6.07) is 5.87. The van der Waals surface area contributed by atoms with Crippen molar-refractivity contribution in [1.82, 2.24) is 15.3 Å². The molecule has 0 radical (unpaired) electrons. The molecule has 1 aliphatic heterocycles. The highest BCUT2D eigenvalue weighted by Crippen LogP contribution is 2.35.